The van der Waals surface area contributed by atoms with Crippen LogP contribution in [0.2, 0.25) is 0 Å². The number of nitrogen functional groups attached to an aromatic ring is 1. The van der Waals surface area contributed by atoms with Crippen LogP contribution in [0.15, 0.2) is 59.5 Å². The summed E-state index contributed by atoms with van der Waals surface area (Å²) in [4.78, 5) is 4.35. The van der Waals surface area contributed by atoms with Crippen LogP contribution in [0.5, 0.6) is 5.75 Å². The maximum Gasteiger partial charge on any atom is 0.297 e. The standard InChI is InChI=1S/C18H18N2O4S/c1-13-2-7-16(8-3-13)25(21,22)24-11-10-23-15-6-4-14-5-9-18(19)20-17(14)12-15/h2-9,12H,10-11H2,1H3,(H2,19,20). The Bertz CT molecular complexity index is 986. The molecule has 0 atom stereocenters. The molecule has 0 aliphatic rings. The zero-order chi connectivity index (χ0) is 17.9. The number of rotatable bonds is 6. The van der Waals surface area contributed by atoms with Crippen molar-refractivity contribution in [2.75, 3.05) is 18.9 Å². The van der Waals surface area contributed by atoms with Gasteiger partial charge in [-0.2, -0.15) is 8.42 Å². The predicted molar refractivity (Wildman–Crippen MR) is 96.0 cm³/mol. The summed E-state index contributed by atoms with van der Waals surface area (Å²) < 4.78 is 34.7. The van der Waals surface area contributed by atoms with Gasteiger partial charge < -0.3 is 10.5 Å². The first-order valence-corrected chi connectivity index (χ1v) is 9.10. The summed E-state index contributed by atoms with van der Waals surface area (Å²) in [7, 11) is -3.78. The lowest BCUT2D eigenvalue weighted by molar-refractivity contribution is 0.221. The Kier molecular flexibility index (Phi) is 4.87. The van der Waals surface area contributed by atoms with Gasteiger partial charge in [0.25, 0.3) is 10.1 Å². The molecule has 0 saturated carbocycles. The summed E-state index contributed by atoms with van der Waals surface area (Å²) >= 11 is 0. The molecule has 7 heteroatoms. The molecule has 0 aliphatic carbocycles. The van der Waals surface area contributed by atoms with Gasteiger partial charge in [0.1, 0.15) is 24.8 Å². The molecule has 0 unspecified atom stereocenters. The molecule has 0 spiro atoms. The maximum absolute atomic E-state index is 12.1. The van der Waals surface area contributed by atoms with Crippen molar-refractivity contribution in [1.82, 2.24) is 4.98 Å². The Labute approximate surface area is 146 Å². The van der Waals surface area contributed by atoms with E-state index in [0.29, 0.717) is 17.1 Å². The van der Waals surface area contributed by atoms with E-state index in [1.54, 1.807) is 30.3 Å². The third-order valence-electron chi connectivity index (χ3n) is 3.59. The number of anilines is 1. The Morgan fingerprint density at radius 1 is 1.00 bits per heavy atom. The number of hydrogen-bond donors (Lipinski definition) is 1. The fraction of sp³-hybridized carbons (Fsp3) is 0.167. The van der Waals surface area contributed by atoms with Crippen LogP contribution in [-0.4, -0.2) is 26.6 Å². The molecule has 1 heterocycles. The van der Waals surface area contributed by atoms with Crippen molar-refractivity contribution in [1.29, 1.82) is 0 Å². The van der Waals surface area contributed by atoms with Gasteiger partial charge in [-0.1, -0.05) is 17.7 Å². The highest BCUT2D eigenvalue weighted by atomic mass is 32.2. The van der Waals surface area contributed by atoms with Crippen LogP contribution in [0.4, 0.5) is 5.82 Å². The molecule has 0 bridgehead atoms. The third kappa shape index (κ3) is 4.26. The first-order chi connectivity index (χ1) is 11.9. The fourth-order valence-corrected chi connectivity index (χ4v) is 3.17. The molecule has 3 rings (SSSR count). The zero-order valence-corrected chi connectivity index (χ0v) is 14.5. The summed E-state index contributed by atoms with van der Waals surface area (Å²) in [5.41, 5.74) is 7.36. The van der Waals surface area contributed by atoms with Crippen molar-refractivity contribution in [2.45, 2.75) is 11.8 Å². The van der Waals surface area contributed by atoms with Gasteiger partial charge in [-0.25, -0.2) is 4.98 Å². The third-order valence-corrected chi connectivity index (χ3v) is 4.91. The number of nitrogens with two attached hydrogens (primary N) is 1. The number of aryl methyl sites for hydroxylation is 1. The highest BCUT2D eigenvalue weighted by molar-refractivity contribution is 7.86. The van der Waals surface area contributed by atoms with Crippen LogP contribution >= 0.6 is 0 Å². The monoisotopic (exact) mass is 358 g/mol. The molecule has 0 amide bonds. The van der Waals surface area contributed by atoms with Gasteiger partial charge in [0.05, 0.1) is 10.4 Å². The van der Waals surface area contributed by atoms with Crippen molar-refractivity contribution in [2.24, 2.45) is 0 Å². The van der Waals surface area contributed by atoms with Crippen molar-refractivity contribution < 1.29 is 17.3 Å². The topological polar surface area (TPSA) is 91.5 Å². The van der Waals surface area contributed by atoms with E-state index in [1.807, 2.05) is 19.1 Å². The first kappa shape index (κ1) is 17.2. The van der Waals surface area contributed by atoms with Crippen molar-refractivity contribution in [3.05, 3.63) is 60.2 Å². The minimum atomic E-state index is -3.78. The number of hydrogen-bond acceptors (Lipinski definition) is 6. The van der Waals surface area contributed by atoms with E-state index in [4.69, 9.17) is 14.7 Å². The van der Waals surface area contributed by atoms with Crippen LogP contribution in [0, 0.1) is 6.92 Å². The van der Waals surface area contributed by atoms with Crippen molar-refractivity contribution in [3.8, 4) is 5.75 Å². The molecule has 0 fully saturated rings. The molecule has 0 radical (unpaired) electrons. The lowest BCUT2D eigenvalue weighted by Crippen LogP contribution is -2.13. The number of fused-ring (bicyclic) bond motifs is 1. The summed E-state index contributed by atoms with van der Waals surface area (Å²) in [5, 5.41) is 0.944. The quantitative estimate of drug-likeness (QED) is 0.538. The number of aromatic nitrogens is 1. The van der Waals surface area contributed by atoms with E-state index in [1.165, 1.54) is 12.1 Å². The minimum absolute atomic E-state index is 0.0847. The normalized spacial score (nSPS) is 11.6. The fourth-order valence-electron chi connectivity index (χ4n) is 2.28. The first-order valence-electron chi connectivity index (χ1n) is 7.69. The number of ether oxygens (including phenoxy) is 1. The Balaban J connectivity index is 1.58. The van der Waals surface area contributed by atoms with Gasteiger partial charge in [-0.3, -0.25) is 4.18 Å². The number of benzene rings is 2. The summed E-state index contributed by atoms with van der Waals surface area (Å²) in [5.74, 6) is 0.999. The van der Waals surface area contributed by atoms with Crippen LogP contribution < -0.4 is 10.5 Å². The van der Waals surface area contributed by atoms with Gasteiger partial charge >= 0.3 is 0 Å². The highest BCUT2D eigenvalue weighted by Crippen LogP contribution is 2.20. The smallest absolute Gasteiger partial charge is 0.297 e. The number of pyridine rings is 1. The zero-order valence-electron chi connectivity index (χ0n) is 13.7. The van der Waals surface area contributed by atoms with Gasteiger partial charge in [0, 0.05) is 11.5 Å². The number of nitrogens with zero attached hydrogens (tertiary/aromatic N) is 1. The largest absolute Gasteiger partial charge is 0.491 e. The van der Waals surface area contributed by atoms with Crippen molar-refractivity contribution >= 4 is 26.8 Å². The van der Waals surface area contributed by atoms with Gasteiger partial charge in [-0.15, -0.1) is 0 Å². The van der Waals surface area contributed by atoms with Crippen LogP contribution in [0.1, 0.15) is 5.56 Å². The summed E-state index contributed by atoms with van der Waals surface area (Å²) in [6, 6.07) is 15.5. The van der Waals surface area contributed by atoms with Gasteiger partial charge in [0.2, 0.25) is 0 Å². The average molecular weight is 358 g/mol. The second kappa shape index (κ2) is 7.08. The SMILES string of the molecule is Cc1ccc(S(=O)(=O)OCCOc2ccc3ccc(N)nc3c2)cc1. The van der Waals surface area contributed by atoms with Crippen LogP contribution in [0.25, 0.3) is 10.9 Å². The second-order valence-electron chi connectivity index (χ2n) is 5.53. The van der Waals surface area contributed by atoms with Gasteiger partial charge in [-0.05, 0) is 43.3 Å². The molecule has 3 aromatic rings. The van der Waals surface area contributed by atoms with E-state index in [-0.39, 0.29) is 18.1 Å². The highest BCUT2D eigenvalue weighted by Gasteiger charge is 2.14. The van der Waals surface area contributed by atoms with E-state index < -0.39 is 10.1 Å². The lowest BCUT2D eigenvalue weighted by Gasteiger charge is -2.09. The van der Waals surface area contributed by atoms with E-state index >= 15 is 0 Å². The Hall–Kier alpha value is -2.64. The lowest BCUT2D eigenvalue weighted by atomic mass is 10.2. The van der Waals surface area contributed by atoms with Crippen molar-refractivity contribution in [3.63, 3.8) is 0 Å². The molecule has 6 nitrogen and oxygen atoms in total. The predicted octanol–water partition coefficient (Wildman–Crippen LogP) is 2.91. The molecule has 1 aromatic heterocycles. The molecule has 0 saturated heterocycles. The molecular formula is C18H18N2O4S. The molecule has 0 aliphatic heterocycles. The second-order valence-corrected chi connectivity index (χ2v) is 7.14. The summed E-state index contributed by atoms with van der Waals surface area (Å²) in [6.07, 6.45) is 0. The van der Waals surface area contributed by atoms with Gasteiger partial charge in [0.15, 0.2) is 0 Å². The summed E-state index contributed by atoms with van der Waals surface area (Å²) in [6.45, 7) is 1.90. The maximum atomic E-state index is 12.1. The van der Waals surface area contributed by atoms with Crippen LogP contribution in [0.3, 0.4) is 0 Å². The molecule has 2 N–H and O–H groups in total. The minimum Gasteiger partial charge on any atom is -0.491 e. The Morgan fingerprint density at radius 3 is 2.48 bits per heavy atom. The van der Waals surface area contributed by atoms with Crippen LogP contribution in [-0.2, 0) is 14.3 Å². The van der Waals surface area contributed by atoms with E-state index in [0.717, 1.165) is 10.9 Å². The molecule has 25 heavy (non-hydrogen) atoms. The van der Waals surface area contributed by atoms with E-state index in [2.05, 4.69) is 4.98 Å². The average Bonchev–Trinajstić information content (AvgIpc) is 2.59. The molecular weight excluding hydrogens is 340 g/mol. The molecule has 2 aromatic carbocycles. The van der Waals surface area contributed by atoms with E-state index in [9.17, 15) is 8.42 Å². The Morgan fingerprint density at radius 2 is 1.72 bits per heavy atom. The molecule has 130 valence electrons.